The lowest BCUT2D eigenvalue weighted by molar-refractivity contribution is -0.148. The van der Waals surface area contributed by atoms with Crippen LogP contribution >= 0.6 is 0 Å². The van der Waals surface area contributed by atoms with E-state index in [9.17, 15) is 29.4 Å². The SMILES string of the molecule is C[Si](C)(CCCC(CC(=O)O)C(=O)O)O[Si](C)(C)O[Si](C)(C)CCC(CC(=O)O)C(=O)O. The Hall–Kier alpha value is -1.55. The summed E-state index contributed by atoms with van der Waals surface area (Å²) in [5.74, 6) is -6.38. The number of carboxylic acid groups (broad SMARTS) is 4. The fourth-order valence-corrected chi connectivity index (χ4v) is 17.9. The van der Waals surface area contributed by atoms with Crippen LogP contribution in [0.2, 0.25) is 51.4 Å². The first-order valence-electron chi connectivity index (χ1n) is 10.7. The van der Waals surface area contributed by atoms with E-state index in [4.69, 9.17) is 18.4 Å². The summed E-state index contributed by atoms with van der Waals surface area (Å²) < 4.78 is 12.8. The van der Waals surface area contributed by atoms with Gasteiger partial charge in [-0.15, -0.1) is 0 Å². The van der Waals surface area contributed by atoms with E-state index in [0.29, 0.717) is 18.5 Å². The minimum atomic E-state index is -2.58. The summed E-state index contributed by atoms with van der Waals surface area (Å²) in [6, 6.07) is 1.16. The maximum atomic E-state index is 11.3. The Morgan fingerprint density at radius 1 is 0.656 bits per heavy atom. The van der Waals surface area contributed by atoms with Gasteiger partial charge in [0, 0.05) is 0 Å². The van der Waals surface area contributed by atoms with Gasteiger partial charge in [0.2, 0.25) is 0 Å². The number of aliphatic carboxylic acids is 4. The van der Waals surface area contributed by atoms with Gasteiger partial charge < -0.3 is 28.7 Å². The molecule has 13 heteroatoms. The molecule has 0 aliphatic heterocycles. The Morgan fingerprint density at radius 3 is 1.41 bits per heavy atom. The molecule has 0 aromatic rings. The largest absolute Gasteiger partial charge is 0.481 e. The van der Waals surface area contributed by atoms with Crippen LogP contribution < -0.4 is 0 Å². The van der Waals surface area contributed by atoms with Gasteiger partial charge in [0.1, 0.15) is 0 Å². The molecule has 0 saturated heterocycles. The number of rotatable bonds is 17. The topological polar surface area (TPSA) is 168 Å². The first-order valence-corrected chi connectivity index (χ1v) is 19.7. The fourth-order valence-electron chi connectivity index (χ4n) is 3.80. The molecule has 2 unspecified atom stereocenters. The second kappa shape index (κ2) is 12.6. The summed E-state index contributed by atoms with van der Waals surface area (Å²) in [5.41, 5.74) is 0. The summed E-state index contributed by atoms with van der Waals surface area (Å²) in [7, 11) is -7.12. The van der Waals surface area contributed by atoms with Crippen molar-refractivity contribution < 1.29 is 47.8 Å². The molecule has 10 nitrogen and oxygen atoms in total. The standard InChI is InChI=1S/C19H38O10Si3/c1-30(2,10-7-8-14(18(24)25)12-16(20)21)28-32(5,6)29-31(3,4)11-9-15(19(26)27)13-17(22)23/h14-15H,7-13H2,1-6H3,(H,20,21)(H,22,23)(H,24,25)(H,26,27). The number of carbonyl (C=O) groups is 4. The van der Waals surface area contributed by atoms with Crippen molar-refractivity contribution in [3.8, 4) is 0 Å². The Bertz CT molecular complexity index is 678. The zero-order valence-electron chi connectivity index (χ0n) is 19.8. The van der Waals surface area contributed by atoms with E-state index in [1.54, 1.807) is 0 Å². The van der Waals surface area contributed by atoms with E-state index in [1.807, 2.05) is 39.3 Å². The van der Waals surface area contributed by atoms with Crippen LogP contribution in [0.15, 0.2) is 0 Å². The van der Waals surface area contributed by atoms with Crippen LogP contribution in [-0.2, 0) is 27.4 Å². The van der Waals surface area contributed by atoms with Crippen molar-refractivity contribution in [1.82, 2.24) is 0 Å². The van der Waals surface area contributed by atoms with E-state index in [-0.39, 0.29) is 12.8 Å². The van der Waals surface area contributed by atoms with Gasteiger partial charge in [-0.1, -0.05) is 6.42 Å². The van der Waals surface area contributed by atoms with Gasteiger partial charge >= 0.3 is 32.4 Å². The van der Waals surface area contributed by atoms with E-state index >= 15 is 0 Å². The van der Waals surface area contributed by atoms with Gasteiger partial charge in [-0.3, -0.25) is 19.2 Å². The first kappa shape index (κ1) is 30.5. The molecule has 0 rings (SSSR count). The minimum Gasteiger partial charge on any atom is -0.481 e. The van der Waals surface area contributed by atoms with Crippen LogP contribution in [0.1, 0.15) is 32.1 Å². The number of carboxylic acids is 4. The predicted molar refractivity (Wildman–Crippen MR) is 125 cm³/mol. The van der Waals surface area contributed by atoms with E-state index in [1.165, 1.54) is 0 Å². The molecule has 0 aliphatic carbocycles. The van der Waals surface area contributed by atoms with Crippen LogP contribution in [0.3, 0.4) is 0 Å². The molecule has 186 valence electrons. The zero-order chi connectivity index (χ0) is 25.3. The molecule has 4 N–H and O–H groups in total. The molecule has 0 aromatic heterocycles. The molecule has 2 atom stereocenters. The highest BCUT2D eigenvalue weighted by Gasteiger charge is 2.40. The van der Waals surface area contributed by atoms with Crippen molar-refractivity contribution in [2.24, 2.45) is 11.8 Å². The summed E-state index contributed by atoms with van der Waals surface area (Å²) in [6.07, 6.45) is 0.220. The molecular weight excluding hydrogens is 472 g/mol. The summed E-state index contributed by atoms with van der Waals surface area (Å²) in [6.45, 7) is 11.8. The van der Waals surface area contributed by atoms with E-state index < -0.39 is 73.8 Å². The Labute approximate surface area is 192 Å². The van der Waals surface area contributed by atoms with Crippen molar-refractivity contribution in [2.45, 2.75) is 83.5 Å². The second-order valence-corrected chi connectivity index (χ2v) is 22.3. The van der Waals surface area contributed by atoms with E-state index in [0.717, 1.165) is 0 Å². The predicted octanol–water partition coefficient (Wildman–Crippen LogP) is 3.65. The fraction of sp³-hybridized carbons (Fsp3) is 0.789. The minimum absolute atomic E-state index is 0.228. The second-order valence-electron chi connectivity index (χ2n) is 9.82. The summed E-state index contributed by atoms with van der Waals surface area (Å²) in [5, 5.41) is 36.2. The zero-order valence-corrected chi connectivity index (χ0v) is 22.8. The van der Waals surface area contributed by atoms with Crippen LogP contribution in [0.4, 0.5) is 0 Å². The molecule has 0 bridgehead atoms. The highest BCUT2D eigenvalue weighted by atomic mass is 28.5. The normalized spacial score (nSPS) is 14.6. The number of hydrogen-bond acceptors (Lipinski definition) is 6. The van der Waals surface area contributed by atoms with Gasteiger partial charge in [-0.25, -0.2) is 0 Å². The molecule has 0 aromatic carbocycles. The Balaban J connectivity index is 4.85. The quantitative estimate of drug-likeness (QED) is 0.212. The molecule has 0 aliphatic rings. The van der Waals surface area contributed by atoms with Crippen LogP contribution in [0.5, 0.6) is 0 Å². The summed E-state index contributed by atoms with van der Waals surface area (Å²) >= 11 is 0. The highest BCUT2D eigenvalue weighted by molar-refractivity contribution is 6.87. The molecule has 32 heavy (non-hydrogen) atoms. The Kier molecular flexibility index (Phi) is 12.0. The molecule has 0 saturated carbocycles. The third kappa shape index (κ3) is 13.8. The molecule has 0 spiro atoms. The highest BCUT2D eigenvalue weighted by Crippen LogP contribution is 2.28. The van der Waals surface area contributed by atoms with Gasteiger partial charge in [-0.05, 0) is 64.2 Å². The third-order valence-corrected chi connectivity index (χ3v) is 16.4. The molecule has 0 heterocycles. The maximum Gasteiger partial charge on any atom is 0.311 e. The van der Waals surface area contributed by atoms with Crippen LogP contribution in [-0.4, -0.2) is 69.5 Å². The van der Waals surface area contributed by atoms with Gasteiger partial charge in [0.25, 0.3) is 0 Å². The smallest absolute Gasteiger partial charge is 0.311 e. The van der Waals surface area contributed by atoms with Crippen molar-refractivity contribution >= 4 is 49.1 Å². The average Bonchev–Trinajstić information content (AvgIpc) is 2.54. The average molecular weight is 511 g/mol. The van der Waals surface area contributed by atoms with Gasteiger partial charge in [0.05, 0.1) is 24.7 Å². The van der Waals surface area contributed by atoms with Crippen molar-refractivity contribution in [2.75, 3.05) is 0 Å². The number of hydrogen-bond donors (Lipinski definition) is 4. The lowest BCUT2D eigenvalue weighted by atomic mass is 10.0. The lowest BCUT2D eigenvalue weighted by Crippen LogP contribution is -2.52. The molecular formula is C19H38O10Si3. The van der Waals surface area contributed by atoms with E-state index in [2.05, 4.69) is 0 Å². The third-order valence-electron chi connectivity index (χ3n) is 5.01. The summed E-state index contributed by atoms with van der Waals surface area (Å²) in [4.78, 5) is 44.3. The molecule has 0 fully saturated rings. The van der Waals surface area contributed by atoms with Crippen molar-refractivity contribution in [3.05, 3.63) is 0 Å². The van der Waals surface area contributed by atoms with Gasteiger partial charge in [0.15, 0.2) is 16.6 Å². The van der Waals surface area contributed by atoms with Gasteiger partial charge in [-0.2, -0.15) is 0 Å². The van der Waals surface area contributed by atoms with Crippen molar-refractivity contribution in [3.63, 3.8) is 0 Å². The Morgan fingerprint density at radius 2 is 1.03 bits per heavy atom. The monoisotopic (exact) mass is 510 g/mol. The van der Waals surface area contributed by atoms with Crippen LogP contribution in [0, 0.1) is 11.8 Å². The van der Waals surface area contributed by atoms with Crippen LogP contribution in [0.25, 0.3) is 0 Å². The molecule has 0 radical (unpaired) electrons. The molecule has 0 amide bonds. The maximum absolute atomic E-state index is 11.3. The lowest BCUT2D eigenvalue weighted by Gasteiger charge is -2.39. The van der Waals surface area contributed by atoms with Crippen molar-refractivity contribution in [1.29, 1.82) is 0 Å². The first-order chi connectivity index (χ1) is 14.4.